The Hall–Kier alpha value is -1.14. The molecular formula is C16H30O5Si. The molecule has 0 rings (SSSR count). The molecule has 0 amide bonds. The van der Waals surface area contributed by atoms with Gasteiger partial charge >= 0.3 is 11.9 Å². The molecule has 0 bridgehead atoms. The fraction of sp³-hybridized carbons (Fsp3) is 0.750. The second kappa shape index (κ2) is 8.48. The van der Waals surface area contributed by atoms with Crippen LogP contribution < -0.4 is 0 Å². The first kappa shape index (κ1) is 20.9. The van der Waals surface area contributed by atoms with Crippen molar-refractivity contribution in [1.29, 1.82) is 0 Å². The lowest BCUT2D eigenvalue weighted by atomic mass is 10.1. The maximum absolute atomic E-state index is 11.7. The van der Waals surface area contributed by atoms with Crippen LogP contribution in [0.5, 0.6) is 0 Å². The van der Waals surface area contributed by atoms with Gasteiger partial charge in [0.2, 0.25) is 0 Å². The normalized spacial score (nSPS) is 13.5. The third kappa shape index (κ3) is 7.22. The van der Waals surface area contributed by atoms with Crippen LogP contribution in [-0.4, -0.2) is 38.1 Å². The topological polar surface area (TPSA) is 72.8 Å². The molecule has 0 aliphatic heterocycles. The summed E-state index contributed by atoms with van der Waals surface area (Å²) >= 11 is 0. The Morgan fingerprint density at radius 2 is 1.82 bits per heavy atom. The zero-order chi connectivity index (χ0) is 17.6. The molecule has 0 heterocycles. The molecule has 1 N–H and O–H groups in total. The van der Waals surface area contributed by atoms with Gasteiger partial charge in [0.1, 0.15) is 0 Å². The summed E-state index contributed by atoms with van der Waals surface area (Å²) in [6.07, 6.45) is 0.350. The second-order valence-electron chi connectivity index (χ2n) is 6.96. The number of hydrogen-bond acceptors (Lipinski definition) is 4. The van der Waals surface area contributed by atoms with E-state index in [1.54, 1.807) is 6.92 Å². The van der Waals surface area contributed by atoms with Gasteiger partial charge in [-0.15, -0.1) is 0 Å². The number of carboxylic acids is 1. The fourth-order valence-corrected chi connectivity index (χ4v) is 3.06. The number of ether oxygens (including phenoxy) is 1. The zero-order valence-electron chi connectivity index (χ0n) is 14.7. The first-order chi connectivity index (χ1) is 9.90. The van der Waals surface area contributed by atoms with Crippen LogP contribution >= 0.6 is 0 Å². The van der Waals surface area contributed by atoms with Crippen molar-refractivity contribution < 1.29 is 23.9 Å². The Kier molecular flexibility index (Phi) is 8.04. The lowest BCUT2D eigenvalue weighted by Gasteiger charge is -2.39. The Balaban J connectivity index is 4.94. The SMILES string of the molecule is C=C(CC(CCC(=O)O)O[Si](C)(C)C(C)(C)C)C(=O)OCC. The largest absolute Gasteiger partial charge is 0.481 e. The van der Waals surface area contributed by atoms with Gasteiger partial charge in [-0.3, -0.25) is 4.79 Å². The molecule has 0 aromatic heterocycles. The molecular weight excluding hydrogens is 300 g/mol. The number of aliphatic carboxylic acids is 1. The van der Waals surface area contributed by atoms with Crippen molar-refractivity contribution in [3.8, 4) is 0 Å². The quantitative estimate of drug-likeness (QED) is 0.396. The lowest BCUT2D eigenvalue weighted by molar-refractivity contribution is -0.138. The van der Waals surface area contributed by atoms with E-state index in [4.69, 9.17) is 14.3 Å². The third-order valence-corrected chi connectivity index (χ3v) is 8.52. The number of carboxylic acid groups (broad SMARTS) is 1. The highest BCUT2D eigenvalue weighted by Gasteiger charge is 2.39. The van der Waals surface area contributed by atoms with Crippen molar-refractivity contribution in [2.75, 3.05) is 6.61 Å². The molecule has 0 aromatic carbocycles. The monoisotopic (exact) mass is 330 g/mol. The van der Waals surface area contributed by atoms with E-state index in [9.17, 15) is 9.59 Å². The minimum Gasteiger partial charge on any atom is -0.481 e. The molecule has 0 spiro atoms. The molecule has 0 radical (unpaired) electrons. The van der Waals surface area contributed by atoms with Gasteiger partial charge < -0.3 is 14.3 Å². The van der Waals surface area contributed by atoms with E-state index < -0.39 is 20.3 Å². The Morgan fingerprint density at radius 3 is 2.23 bits per heavy atom. The standard InChI is InChI=1S/C16H30O5Si/c1-8-20-15(19)12(2)11-13(9-10-14(17)18)21-22(6,7)16(3,4)5/h13H,2,8-11H2,1,3-7H3,(H,17,18). The average molecular weight is 330 g/mol. The smallest absolute Gasteiger partial charge is 0.333 e. The van der Waals surface area contributed by atoms with Gasteiger partial charge in [0.05, 0.1) is 6.61 Å². The molecule has 0 fully saturated rings. The Labute approximate surface area is 134 Å². The molecule has 22 heavy (non-hydrogen) atoms. The number of rotatable bonds is 9. The number of carbonyl (C=O) groups is 2. The van der Waals surface area contributed by atoms with Crippen molar-refractivity contribution in [1.82, 2.24) is 0 Å². The van der Waals surface area contributed by atoms with Gasteiger partial charge in [0, 0.05) is 24.5 Å². The molecule has 0 saturated heterocycles. The van der Waals surface area contributed by atoms with Crippen molar-refractivity contribution in [3.05, 3.63) is 12.2 Å². The lowest BCUT2D eigenvalue weighted by Crippen LogP contribution is -2.44. The van der Waals surface area contributed by atoms with Gasteiger partial charge in [-0.2, -0.15) is 0 Å². The predicted molar refractivity (Wildman–Crippen MR) is 89.3 cm³/mol. The van der Waals surface area contributed by atoms with Gasteiger partial charge in [0.25, 0.3) is 0 Å². The van der Waals surface area contributed by atoms with Crippen LogP contribution in [0.15, 0.2) is 12.2 Å². The minimum atomic E-state index is -2.05. The van der Waals surface area contributed by atoms with E-state index in [0.29, 0.717) is 25.0 Å². The summed E-state index contributed by atoms with van der Waals surface area (Å²) in [5.74, 6) is -1.31. The number of esters is 1. The van der Waals surface area contributed by atoms with Crippen LogP contribution in [0, 0.1) is 0 Å². The van der Waals surface area contributed by atoms with E-state index in [1.807, 2.05) is 0 Å². The zero-order valence-corrected chi connectivity index (χ0v) is 15.7. The summed E-state index contributed by atoms with van der Waals surface area (Å²) in [5, 5.41) is 8.90. The predicted octanol–water partition coefficient (Wildman–Crippen LogP) is 3.75. The van der Waals surface area contributed by atoms with Crippen molar-refractivity contribution in [3.63, 3.8) is 0 Å². The molecule has 1 atom stereocenters. The van der Waals surface area contributed by atoms with Crippen molar-refractivity contribution >= 4 is 20.3 Å². The molecule has 0 aromatic rings. The van der Waals surface area contributed by atoms with E-state index in [0.717, 1.165) is 0 Å². The molecule has 1 unspecified atom stereocenters. The maximum Gasteiger partial charge on any atom is 0.333 e. The van der Waals surface area contributed by atoms with Crippen LogP contribution in [0.2, 0.25) is 18.1 Å². The summed E-state index contributed by atoms with van der Waals surface area (Å²) < 4.78 is 11.2. The van der Waals surface area contributed by atoms with Crippen LogP contribution in [0.1, 0.15) is 47.0 Å². The highest BCUT2D eigenvalue weighted by atomic mass is 28.4. The van der Waals surface area contributed by atoms with Gasteiger partial charge in [0.15, 0.2) is 8.32 Å². The molecule has 0 aliphatic rings. The van der Waals surface area contributed by atoms with E-state index in [-0.39, 0.29) is 17.6 Å². The fourth-order valence-electron chi connectivity index (χ4n) is 1.67. The summed E-state index contributed by atoms with van der Waals surface area (Å²) in [6, 6.07) is 0. The van der Waals surface area contributed by atoms with Crippen molar-refractivity contribution in [2.24, 2.45) is 0 Å². The molecule has 5 nitrogen and oxygen atoms in total. The summed E-state index contributed by atoms with van der Waals surface area (Å²) in [7, 11) is -2.05. The van der Waals surface area contributed by atoms with Crippen LogP contribution in [0.3, 0.4) is 0 Å². The first-order valence-electron chi connectivity index (χ1n) is 7.65. The van der Waals surface area contributed by atoms with Crippen molar-refractivity contribution in [2.45, 2.75) is 71.2 Å². The summed E-state index contributed by atoms with van der Waals surface area (Å²) in [4.78, 5) is 22.5. The molecule has 6 heteroatoms. The molecule has 0 saturated carbocycles. The van der Waals surface area contributed by atoms with E-state index in [2.05, 4.69) is 40.4 Å². The first-order valence-corrected chi connectivity index (χ1v) is 10.6. The maximum atomic E-state index is 11.7. The Morgan fingerprint density at radius 1 is 1.27 bits per heavy atom. The summed E-state index contributed by atoms with van der Waals surface area (Å²) in [5.41, 5.74) is 0.330. The third-order valence-electron chi connectivity index (χ3n) is 3.99. The van der Waals surface area contributed by atoms with Crippen LogP contribution in [0.4, 0.5) is 0 Å². The van der Waals surface area contributed by atoms with E-state index >= 15 is 0 Å². The minimum absolute atomic E-state index is 0.00932. The molecule has 128 valence electrons. The number of carbonyl (C=O) groups excluding carboxylic acids is 1. The molecule has 0 aliphatic carbocycles. The van der Waals surface area contributed by atoms with Crippen LogP contribution in [0.25, 0.3) is 0 Å². The average Bonchev–Trinajstić information content (AvgIpc) is 2.34. The number of hydrogen-bond donors (Lipinski definition) is 1. The highest BCUT2D eigenvalue weighted by molar-refractivity contribution is 6.74. The van der Waals surface area contributed by atoms with Crippen LogP contribution in [-0.2, 0) is 18.8 Å². The Bertz CT molecular complexity index is 409. The van der Waals surface area contributed by atoms with Gasteiger partial charge in [-0.25, -0.2) is 4.79 Å². The summed E-state index contributed by atoms with van der Waals surface area (Å²) in [6.45, 7) is 16.3. The van der Waals surface area contributed by atoms with Gasteiger partial charge in [-0.05, 0) is 31.5 Å². The second-order valence-corrected chi connectivity index (χ2v) is 11.7. The van der Waals surface area contributed by atoms with E-state index in [1.165, 1.54) is 0 Å². The van der Waals surface area contributed by atoms with Gasteiger partial charge in [-0.1, -0.05) is 27.4 Å². The highest BCUT2D eigenvalue weighted by Crippen LogP contribution is 2.38.